The summed E-state index contributed by atoms with van der Waals surface area (Å²) in [5.41, 5.74) is 0.977. The third-order valence-corrected chi connectivity index (χ3v) is 4.50. The Bertz CT molecular complexity index is 497. The number of alkyl halides is 2. The first kappa shape index (κ1) is 17.9. The van der Waals surface area contributed by atoms with Crippen LogP contribution in [-0.2, 0) is 11.3 Å². The van der Waals surface area contributed by atoms with Crippen molar-refractivity contribution >= 4 is 5.91 Å². The molecule has 1 atom stereocenters. The van der Waals surface area contributed by atoms with Crippen molar-refractivity contribution in [3.8, 4) is 0 Å². The fourth-order valence-electron chi connectivity index (χ4n) is 2.97. The van der Waals surface area contributed by atoms with Gasteiger partial charge in [-0.15, -0.1) is 0 Å². The molecule has 0 spiro atoms. The number of carbonyl (C=O) groups excluding carboxylic acids is 1. The molecular weight excluding hydrogens is 300 g/mol. The molecule has 0 saturated heterocycles. The van der Waals surface area contributed by atoms with E-state index >= 15 is 0 Å². The average Bonchev–Trinajstić information content (AvgIpc) is 2.54. The standard InChI is InChI=1S/C18H25F2NO2/c1-2-16(22)13-21(12-14-6-4-3-5-7-14)17(23)15-8-10-18(19,20)11-9-15/h3-7,15-16,22H,2,8-13H2,1H3. The summed E-state index contributed by atoms with van der Waals surface area (Å²) in [7, 11) is 0. The summed E-state index contributed by atoms with van der Waals surface area (Å²) in [6.45, 7) is 2.51. The zero-order valence-electron chi connectivity index (χ0n) is 13.5. The summed E-state index contributed by atoms with van der Waals surface area (Å²) < 4.78 is 26.6. The molecule has 0 bridgehead atoms. The van der Waals surface area contributed by atoms with Gasteiger partial charge in [-0.25, -0.2) is 8.78 Å². The molecule has 1 fully saturated rings. The maximum absolute atomic E-state index is 13.3. The fourth-order valence-corrected chi connectivity index (χ4v) is 2.97. The van der Waals surface area contributed by atoms with Crippen LogP contribution in [0.1, 0.15) is 44.6 Å². The van der Waals surface area contributed by atoms with Crippen molar-refractivity contribution in [1.82, 2.24) is 4.90 Å². The monoisotopic (exact) mass is 325 g/mol. The van der Waals surface area contributed by atoms with E-state index < -0.39 is 12.0 Å². The van der Waals surface area contributed by atoms with E-state index in [9.17, 15) is 18.7 Å². The van der Waals surface area contributed by atoms with E-state index in [0.29, 0.717) is 13.0 Å². The fraction of sp³-hybridized carbons (Fsp3) is 0.611. The van der Waals surface area contributed by atoms with E-state index in [1.54, 1.807) is 4.90 Å². The second-order valence-corrected chi connectivity index (χ2v) is 6.40. The number of benzene rings is 1. The van der Waals surface area contributed by atoms with Gasteiger partial charge in [0, 0.05) is 31.8 Å². The van der Waals surface area contributed by atoms with Crippen LogP contribution < -0.4 is 0 Å². The minimum absolute atomic E-state index is 0.114. The van der Waals surface area contributed by atoms with Gasteiger partial charge in [-0.3, -0.25) is 4.79 Å². The number of hydrogen-bond donors (Lipinski definition) is 1. The van der Waals surface area contributed by atoms with Crippen LogP contribution >= 0.6 is 0 Å². The van der Waals surface area contributed by atoms with Crippen LogP contribution in [-0.4, -0.2) is 34.5 Å². The van der Waals surface area contributed by atoms with Gasteiger partial charge < -0.3 is 10.0 Å². The summed E-state index contributed by atoms with van der Waals surface area (Å²) in [4.78, 5) is 14.4. The lowest BCUT2D eigenvalue weighted by Gasteiger charge is -2.33. The van der Waals surface area contributed by atoms with Crippen LogP contribution in [0.15, 0.2) is 30.3 Å². The van der Waals surface area contributed by atoms with E-state index in [0.717, 1.165) is 5.56 Å². The van der Waals surface area contributed by atoms with Crippen molar-refractivity contribution in [3.63, 3.8) is 0 Å². The zero-order valence-corrected chi connectivity index (χ0v) is 13.5. The molecular formula is C18H25F2NO2. The highest BCUT2D eigenvalue weighted by Gasteiger charge is 2.38. The average molecular weight is 325 g/mol. The van der Waals surface area contributed by atoms with Crippen LogP contribution in [0.4, 0.5) is 8.78 Å². The first-order valence-corrected chi connectivity index (χ1v) is 8.30. The topological polar surface area (TPSA) is 40.5 Å². The maximum atomic E-state index is 13.3. The van der Waals surface area contributed by atoms with Crippen LogP contribution in [0.5, 0.6) is 0 Å². The van der Waals surface area contributed by atoms with Crippen molar-refractivity contribution < 1.29 is 18.7 Å². The Morgan fingerprint density at radius 1 is 1.30 bits per heavy atom. The highest BCUT2D eigenvalue weighted by atomic mass is 19.3. The lowest BCUT2D eigenvalue weighted by Crippen LogP contribution is -2.42. The first-order chi connectivity index (χ1) is 10.9. The first-order valence-electron chi connectivity index (χ1n) is 8.30. The lowest BCUT2D eigenvalue weighted by molar-refractivity contribution is -0.141. The molecule has 1 aliphatic carbocycles. The Morgan fingerprint density at radius 2 is 1.91 bits per heavy atom. The SMILES string of the molecule is CCC(O)CN(Cc1ccccc1)C(=O)C1CCC(F)(F)CC1. The minimum atomic E-state index is -2.63. The molecule has 0 heterocycles. The number of nitrogens with zero attached hydrogens (tertiary/aromatic N) is 1. The van der Waals surface area contributed by atoms with Gasteiger partial charge in [0.05, 0.1) is 6.10 Å². The van der Waals surface area contributed by atoms with Crippen LogP contribution in [0.3, 0.4) is 0 Å². The molecule has 128 valence electrons. The molecule has 1 aromatic carbocycles. The van der Waals surface area contributed by atoms with Crippen LogP contribution in [0, 0.1) is 5.92 Å². The molecule has 0 aromatic heterocycles. The van der Waals surface area contributed by atoms with Gasteiger partial charge in [-0.1, -0.05) is 37.3 Å². The smallest absolute Gasteiger partial charge is 0.248 e. The van der Waals surface area contributed by atoms with Crippen LogP contribution in [0.25, 0.3) is 0 Å². The predicted molar refractivity (Wildman–Crippen MR) is 85.1 cm³/mol. The van der Waals surface area contributed by atoms with Gasteiger partial charge in [-0.05, 0) is 24.8 Å². The number of halogens is 2. The molecule has 1 saturated carbocycles. The van der Waals surface area contributed by atoms with E-state index in [1.165, 1.54) is 0 Å². The third-order valence-electron chi connectivity index (χ3n) is 4.50. The Hall–Kier alpha value is -1.49. The molecule has 23 heavy (non-hydrogen) atoms. The van der Waals surface area contributed by atoms with E-state index in [1.807, 2.05) is 37.3 Å². The van der Waals surface area contributed by atoms with Gasteiger partial charge >= 0.3 is 0 Å². The molecule has 0 radical (unpaired) electrons. The number of aliphatic hydroxyl groups is 1. The van der Waals surface area contributed by atoms with E-state index in [2.05, 4.69) is 0 Å². The summed E-state index contributed by atoms with van der Waals surface area (Å²) in [6, 6.07) is 9.55. The van der Waals surface area contributed by atoms with Gasteiger partial charge in [0.25, 0.3) is 0 Å². The molecule has 2 rings (SSSR count). The highest BCUT2D eigenvalue weighted by Crippen LogP contribution is 2.37. The molecule has 1 N–H and O–H groups in total. The second kappa shape index (κ2) is 7.86. The minimum Gasteiger partial charge on any atom is -0.391 e. The molecule has 1 unspecified atom stereocenters. The molecule has 0 aliphatic heterocycles. The van der Waals surface area contributed by atoms with Gasteiger partial charge in [0.1, 0.15) is 0 Å². The van der Waals surface area contributed by atoms with Crippen LogP contribution in [0.2, 0.25) is 0 Å². The highest BCUT2D eigenvalue weighted by molar-refractivity contribution is 5.79. The number of amides is 1. The largest absolute Gasteiger partial charge is 0.391 e. The third kappa shape index (κ3) is 5.27. The summed E-state index contributed by atoms with van der Waals surface area (Å²) >= 11 is 0. The molecule has 1 amide bonds. The number of rotatable bonds is 6. The number of hydrogen-bond acceptors (Lipinski definition) is 2. The second-order valence-electron chi connectivity index (χ2n) is 6.40. The van der Waals surface area contributed by atoms with Crippen molar-refractivity contribution in [2.75, 3.05) is 6.54 Å². The normalized spacial score (nSPS) is 19.3. The quantitative estimate of drug-likeness (QED) is 0.868. The van der Waals surface area contributed by atoms with Crippen molar-refractivity contribution in [2.24, 2.45) is 5.92 Å². The van der Waals surface area contributed by atoms with Gasteiger partial charge in [0.15, 0.2) is 0 Å². The van der Waals surface area contributed by atoms with E-state index in [-0.39, 0.29) is 44.1 Å². The molecule has 1 aliphatic rings. The van der Waals surface area contributed by atoms with Crippen molar-refractivity contribution in [1.29, 1.82) is 0 Å². The number of carbonyl (C=O) groups is 1. The summed E-state index contributed by atoms with van der Waals surface area (Å²) in [6.07, 6.45) is -0.0367. The molecule has 1 aromatic rings. The maximum Gasteiger partial charge on any atom is 0.248 e. The summed E-state index contributed by atoms with van der Waals surface area (Å²) in [5, 5.41) is 9.92. The number of aliphatic hydroxyl groups excluding tert-OH is 1. The summed E-state index contributed by atoms with van der Waals surface area (Å²) in [5.74, 6) is -3.11. The molecule has 3 nitrogen and oxygen atoms in total. The van der Waals surface area contributed by atoms with Crippen molar-refractivity contribution in [3.05, 3.63) is 35.9 Å². The Balaban J connectivity index is 2.05. The lowest BCUT2D eigenvalue weighted by atomic mass is 9.85. The Kier molecular flexibility index (Phi) is 6.10. The molecule has 5 heteroatoms. The van der Waals surface area contributed by atoms with E-state index in [4.69, 9.17) is 0 Å². The van der Waals surface area contributed by atoms with Gasteiger partial charge in [0.2, 0.25) is 11.8 Å². The zero-order chi connectivity index (χ0) is 16.9. The Labute approximate surface area is 136 Å². The predicted octanol–water partition coefficient (Wildman–Crippen LogP) is 3.61. The van der Waals surface area contributed by atoms with Gasteiger partial charge in [-0.2, -0.15) is 0 Å². The Morgan fingerprint density at radius 3 is 2.48 bits per heavy atom. The van der Waals surface area contributed by atoms with Crippen molar-refractivity contribution in [2.45, 2.75) is 57.6 Å².